The van der Waals surface area contributed by atoms with Gasteiger partial charge in [-0.15, -0.1) is 0 Å². The van der Waals surface area contributed by atoms with E-state index in [4.69, 9.17) is 5.73 Å². The maximum absolute atomic E-state index is 10.5. The van der Waals surface area contributed by atoms with Crippen LogP contribution in [-0.4, -0.2) is 11.7 Å². The molecule has 2 nitrogen and oxygen atoms in total. The molecule has 106 valence electrons. The maximum atomic E-state index is 10.5. The number of nitrogens with two attached hydrogens (primary N) is 1. The summed E-state index contributed by atoms with van der Waals surface area (Å²) in [5.41, 5.74) is 11.2. The molecule has 0 aliphatic heterocycles. The van der Waals surface area contributed by atoms with E-state index in [1.807, 2.05) is 18.2 Å². The van der Waals surface area contributed by atoms with Gasteiger partial charge in [0.15, 0.2) is 0 Å². The molecule has 0 fully saturated rings. The first-order valence-corrected chi connectivity index (χ1v) is 7.08. The van der Waals surface area contributed by atoms with E-state index in [2.05, 4.69) is 45.0 Å². The summed E-state index contributed by atoms with van der Waals surface area (Å²) in [6.45, 7) is 6.89. The van der Waals surface area contributed by atoms with E-state index in [-0.39, 0.29) is 0 Å². The highest BCUT2D eigenvalue weighted by atomic mass is 16.3. The Balaban J connectivity index is 2.24. The Hall–Kier alpha value is -1.64. The fraction of sp³-hybridized carbons (Fsp3) is 0.333. The van der Waals surface area contributed by atoms with Crippen molar-refractivity contribution in [2.75, 3.05) is 6.54 Å². The molecule has 2 unspecified atom stereocenters. The van der Waals surface area contributed by atoms with Crippen LogP contribution in [0.2, 0.25) is 0 Å². The molecule has 0 aliphatic carbocycles. The number of aliphatic hydroxyl groups is 1. The van der Waals surface area contributed by atoms with Crippen molar-refractivity contribution in [3.63, 3.8) is 0 Å². The zero-order chi connectivity index (χ0) is 14.7. The Kier molecular flexibility index (Phi) is 4.58. The Morgan fingerprint density at radius 3 is 2.00 bits per heavy atom. The van der Waals surface area contributed by atoms with Crippen LogP contribution in [0, 0.1) is 13.8 Å². The van der Waals surface area contributed by atoms with E-state index < -0.39 is 6.10 Å². The third-order valence-corrected chi connectivity index (χ3v) is 4.02. The highest BCUT2D eigenvalue weighted by Crippen LogP contribution is 2.25. The van der Waals surface area contributed by atoms with Crippen molar-refractivity contribution in [2.45, 2.75) is 32.8 Å². The van der Waals surface area contributed by atoms with Crippen LogP contribution in [0.15, 0.2) is 42.5 Å². The molecule has 2 atom stereocenters. The van der Waals surface area contributed by atoms with Crippen molar-refractivity contribution in [3.05, 3.63) is 70.3 Å². The van der Waals surface area contributed by atoms with Gasteiger partial charge in [-0.25, -0.2) is 0 Å². The molecule has 0 aromatic heterocycles. The first-order valence-electron chi connectivity index (χ1n) is 7.08. The third kappa shape index (κ3) is 3.09. The SMILES string of the molecule is Cc1ccc(C(O)c2ccc(C(C)CN)cc2)cc1C. The standard InChI is InChI=1S/C18H23NO/c1-12-4-5-17(10-13(12)2)18(20)16-8-6-15(7-9-16)14(3)11-19/h4-10,14,18,20H,11,19H2,1-3H3. The molecule has 0 heterocycles. The van der Waals surface area contributed by atoms with Crippen LogP contribution in [0.4, 0.5) is 0 Å². The fourth-order valence-electron chi connectivity index (χ4n) is 2.27. The number of rotatable bonds is 4. The lowest BCUT2D eigenvalue weighted by Gasteiger charge is -2.15. The fourth-order valence-corrected chi connectivity index (χ4v) is 2.27. The van der Waals surface area contributed by atoms with Gasteiger partial charge in [0.05, 0.1) is 0 Å². The molecule has 2 aromatic carbocycles. The molecule has 0 saturated carbocycles. The molecule has 20 heavy (non-hydrogen) atoms. The molecule has 2 rings (SSSR count). The van der Waals surface area contributed by atoms with Crippen molar-refractivity contribution in [2.24, 2.45) is 5.73 Å². The van der Waals surface area contributed by atoms with Crippen LogP contribution in [0.25, 0.3) is 0 Å². The summed E-state index contributed by atoms with van der Waals surface area (Å²) in [7, 11) is 0. The average molecular weight is 269 g/mol. The van der Waals surface area contributed by atoms with Gasteiger partial charge in [0.25, 0.3) is 0 Å². The van der Waals surface area contributed by atoms with Gasteiger partial charge in [-0.05, 0) is 54.1 Å². The number of aryl methyl sites for hydroxylation is 2. The highest BCUT2D eigenvalue weighted by molar-refractivity contribution is 5.37. The molecule has 0 saturated heterocycles. The molecule has 2 aromatic rings. The lowest BCUT2D eigenvalue weighted by molar-refractivity contribution is 0.220. The Labute approximate surface area is 121 Å². The molecular formula is C18H23NO. The van der Waals surface area contributed by atoms with Gasteiger partial charge in [-0.1, -0.05) is 49.4 Å². The maximum Gasteiger partial charge on any atom is 0.104 e. The first kappa shape index (κ1) is 14.8. The van der Waals surface area contributed by atoms with E-state index in [0.29, 0.717) is 12.5 Å². The molecule has 0 radical (unpaired) electrons. The minimum absolute atomic E-state index is 0.350. The van der Waals surface area contributed by atoms with Gasteiger partial charge in [0.1, 0.15) is 6.10 Å². The third-order valence-electron chi connectivity index (χ3n) is 4.02. The largest absolute Gasteiger partial charge is 0.384 e. The van der Waals surface area contributed by atoms with Crippen molar-refractivity contribution in [3.8, 4) is 0 Å². The van der Waals surface area contributed by atoms with Crippen molar-refractivity contribution >= 4 is 0 Å². The second-order valence-electron chi connectivity index (χ2n) is 5.55. The molecule has 0 aliphatic rings. The molecule has 3 N–H and O–H groups in total. The zero-order valence-corrected chi connectivity index (χ0v) is 12.4. The predicted octanol–water partition coefficient (Wildman–Crippen LogP) is 3.45. The van der Waals surface area contributed by atoms with E-state index in [0.717, 1.165) is 11.1 Å². The summed E-state index contributed by atoms with van der Waals surface area (Å²) in [6, 6.07) is 14.2. The van der Waals surface area contributed by atoms with Gasteiger partial charge >= 0.3 is 0 Å². The Morgan fingerprint density at radius 1 is 0.900 bits per heavy atom. The quantitative estimate of drug-likeness (QED) is 0.893. The van der Waals surface area contributed by atoms with E-state index in [1.54, 1.807) is 0 Å². The summed E-state index contributed by atoms with van der Waals surface area (Å²) >= 11 is 0. The summed E-state index contributed by atoms with van der Waals surface area (Å²) in [5.74, 6) is 0.350. The lowest BCUT2D eigenvalue weighted by Crippen LogP contribution is -2.09. The van der Waals surface area contributed by atoms with Crippen LogP contribution in [0.3, 0.4) is 0 Å². The summed E-state index contributed by atoms with van der Waals surface area (Å²) in [6.07, 6.45) is -0.573. The van der Waals surface area contributed by atoms with Crippen molar-refractivity contribution < 1.29 is 5.11 Å². The minimum atomic E-state index is -0.573. The van der Waals surface area contributed by atoms with Crippen molar-refractivity contribution in [1.82, 2.24) is 0 Å². The van der Waals surface area contributed by atoms with E-state index in [1.165, 1.54) is 16.7 Å². The number of aliphatic hydroxyl groups excluding tert-OH is 1. The normalized spacial score (nSPS) is 14.1. The van der Waals surface area contributed by atoms with Gasteiger partial charge in [0, 0.05) is 0 Å². The molecule has 0 spiro atoms. The van der Waals surface area contributed by atoms with Gasteiger partial charge in [-0.2, -0.15) is 0 Å². The topological polar surface area (TPSA) is 46.2 Å². The zero-order valence-electron chi connectivity index (χ0n) is 12.4. The van der Waals surface area contributed by atoms with Crippen LogP contribution >= 0.6 is 0 Å². The van der Waals surface area contributed by atoms with Gasteiger partial charge < -0.3 is 10.8 Å². The Morgan fingerprint density at radius 2 is 1.45 bits per heavy atom. The van der Waals surface area contributed by atoms with Crippen LogP contribution in [0.5, 0.6) is 0 Å². The highest BCUT2D eigenvalue weighted by Gasteiger charge is 2.12. The molecule has 2 heteroatoms. The summed E-state index contributed by atoms with van der Waals surface area (Å²) < 4.78 is 0. The lowest BCUT2D eigenvalue weighted by atomic mass is 9.95. The van der Waals surface area contributed by atoms with Crippen molar-refractivity contribution in [1.29, 1.82) is 0 Å². The Bertz CT molecular complexity index is 574. The molecule has 0 amide bonds. The predicted molar refractivity (Wildman–Crippen MR) is 83.9 cm³/mol. The van der Waals surface area contributed by atoms with E-state index >= 15 is 0 Å². The summed E-state index contributed by atoms with van der Waals surface area (Å²) in [4.78, 5) is 0. The van der Waals surface area contributed by atoms with Crippen LogP contribution in [0.1, 0.15) is 46.8 Å². The van der Waals surface area contributed by atoms with Crippen LogP contribution in [-0.2, 0) is 0 Å². The minimum Gasteiger partial charge on any atom is -0.384 e. The second kappa shape index (κ2) is 6.21. The van der Waals surface area contributed by atoms with Gasteiger partial charge in [-0.3, -0.25) is 0 Å². The number of benzene rings is 2. The second-order valence-corrected chi connectivity index (χ2v) is 5.55. The first-order chi connectivity index (χ1) is 9.52. The van der Waals surface area contributed by atoms with Gasteiger partial charge in [0.2, 0.25) is 0 Å². The average Bonchev–Trinajstić information content (AvgIpc) is 2.48. The molecule has 0 bridgehead atoms. The monoisotopic (exact) mass is 269 g/mol. The van der Waals surface area contributed by atoms with Crippen LogP contribution < -0.4 is 5.73 Å². The smallest absolute Gasteiger partial charge is 0.104 e. The molecular weight excluding hydrogens is 246 g/mol. The van der Waals surface area contributed by atoms with E-state index in [9.17, 15) is 5.11 Å². The summed E-state index contributed by atoms with van der Waals surface area (Å²) in [5, 5.41) is 10.5. The number of hydrogen-bond donors (Lipinski definition) is 2. The number of hydrogen-bond acceptors (Lipinski definition) is 2.